The zero-order valence-electron chi connectivity index (χ0n) is 15.0. The van der Waals surface area contributed by atoms with Crippen molar-refractivity contribution in [2.45, 2.75) is 32.9 Å². The molecular formula is C20H22FNO4. The number of hydrogen-bond acceptors (Lipinski definition) is 4. The molecule has 0 saturated carbocycles. The van der Waals surface area contributed by atoms with Crippen LogP contribution in [0.1, 0.15) is 23.6 Å². The number of ether oxygens (including phenoxy) is 2. The molecule has 2 aromatic rings. The normalized spacial score (nSPS) is 11.5. The minimum absolute atomic E-state index is 0.103. The molecule has 0 unspecified atom stereocenters. The monoisotopic (exact) mass is 359 g/mol. The van der Waals surface area contributed by atoms with Gasteiger partial charge in [-0.15, -0.1) is 0 Å². The van der Waals surface area contributed by atoms with Crippen LogP contribution in [-0.2, 0) is 27.3 Å². The van der Waals surface area contributed by atoms with E-state index < -0.39 is 17.9 Å². The average molecular weight is 359 g/mol. The second-order valence-corrected chi connectivity index (χ2v) is 5.98. The Bertz CT molecular complexity index is 774. The molecule has 2 rings (SSSR count). The summed E-state index contributed by atoms with van der Waals surface area (Å²) < 4.78 is 23.6. The molecule has 6 heteroatoms. The van der Waals surface area contributed by atoms with Gasteiger partial charge in [-0.25, -0.2) is 4.39 Å². The zero-order chi connectivity index (χ0) is 19.1. The third kappa shape index (κ3) is 5.58. The zero-order valence-corrected chi connectivity index (χ0v) is 15.0. The Labute approximate surface area is 152 Å². The van der Waals surface area contributed by atoms with Crippen molar-refractivity contribution in [1.29, 1.82) is 0 Å². The first kappa shape index (κ1) is 19.4. The Hall–Kier alpha value is -2.89. The molecule has 138 valence electrons. The molecule has 5 nitrogen and oxygen atoms in total. The van der Waals surface area contributed by atoms with Gasteiger partial charge in [0.15, 0.2) is 17.7 Å². The van der Waals surface area contributed by atoms with Crippen LogP contribution in [0.15, 0.2) is 42.5 Å². The lowest BCUT2D eigenvalue weighted by atomic mass is 10.1. The van der Waals surface area contributed by atoms with E-state index >= 15 is 0 Å². The number of carbonyl (C=O) groups excluding carboxylic acids is 2. The van der Waals surface area contributed by atoms with Crippen LogP contribution in [0.4, 0.5) is 4.39 Å². The number of methoxy groups -OCH3 is 1. The fourth-order valence-electron chi connectivity index (χ4n) is 2.32. The van der Waals surface area contributed by atoms with E-state index in [1.165, 1.54) is 26.2 Å². The Morgan fingerprint density at radius 3 is 2.38 bits per heavy atom. The van der Waals surface area contributed by atoms with Crippen LogP contribution in [0.25, 0.3) is 0 Å². The molecule has 0 heterocycles. The van der Waals surface area contributed by atoms with E-state index in [1.54, 1.807) is 6.07 Å². The summed E-state index contributed by atoms with van der Waals surface area (Å²) >= 11 is 0. The van der Waals surface area contributed by atoms with Gasteiger partial charge in [0.25, 0.3) is 5.91 Å². The summed E-state index contributed by atoms with van der Waals surface area (Å²) in [6.45, 7) is 3.83. The number of carbonyl (C=O) groups is 2. The summed E-state index contributed by atoms with van der Waals surface area (Å²) in [6, 6.07) is 12.0. The number of hydrogen-bond donors (Lipinski definition) is 1. The number of nitrogens with one attached hydrogen (secondary N) is 1. The highest BCUT2D eigenvalue weighted by molar-refractivity contribution is 5.83. The molecule has 0 aliphatic heterocycles. The summed E-state index contributed by atoms with van der Waals surface area (Å²) in [5.41, 5.74) is 2.54. The SMILES string of the molecule is COc1ccc(CC(=O)O[C@H](C)C(=O)NCc2ccc(C)cc2)cc1F. The van der Waals surface area contributed by atoms with E-state index in [-0.39, 0.29) is 18.1 Å². The van der Waals surface area contributed by atoms with Crippen molar-refractivity contribution in [3.63, 3.8) is 0 Å². The number of amides is 1. The largest absolute Gasteiger partial charge is 0.494 e. The van der Waals surface area contributed by atoms with E-state index in [4.69, 9.17) is 9.47 Å². The third-order valence-electron chi connectivity index (χ3n) is 3.83. The maximum Gasteiger partial charge on any atom is 0.311 e. The first-order chi connectivity index (χ1) is 12.4. The Balaban J connectivity index is 1.82. The molecule has 0 fully saturated rings. The molecule has 0 saturated heterocycles. The van der Waals surface area contributed by atoms with Crippen LogP contribution < -0.4 is 10.1 Å². The van der Waals surface area contributed by atoms with Gasteiger partial charge < -0.3 is 14.8 Å². The summed E-state index contributed by atoms with van der Waals surface area (Å²) in [5, 5.41) is 2.72. The minimum atomic E-state index is -0.934. The average Bonchev–Trinajstić information content (AvgIpc) is 2.61. The van der Waals surface area contributed by atoms with Gasteiger partial charge in [0, 0.05) is 6.54 Å². The lowest BCUT2D eigenvalue weighted by molar-refractivity contribution is -0.154. The quantitative estimate of drug-likeness (QED) is 0.772. The van der Waals surface area contributed by atoms with E-state index in [9.17, 15) is 14.0 Å². The van der Waals surface area contributed by atoms with Crippen LogP contribution in [0.3, 0.4) is 0 Å². The fraction of sp³-hybridized carbons (Fsp3) is 0.300. The van der Waals surface area contributed by atoms with Gasteiger partial charge in [0.1, 0.15) is 0 Å². The molecule has 2 aromatic carbocycles. The minimum Gasteiger partial charge on any atom is -0.494 e. The highest BCUT2D eigenvalue weighted by Gasteiger charge is 2.18. The van der Waals surface area contributed by atoms with Crippen molar-refractivity contribution in [3.8, 4) is 5.75 Å². The van der Waals surface area contributed by atoms with Crippen LogP contribution in [0, 0.1) is 12.7 Å². The first-order valence-corrected chi connectivity index (χ1v) is 8.24. The van der Waals surface area contributed by atoms with E-state index in [1.807, 2.05) is 31.2 Å². The number of benzene rings is 2. The maximum absolute atomic E-state index is 13.6. The van der Waals surface area contributed by atoms with E-state index in [0.717, 1.165) is 11.1 Å². The smallest absolute Gasteiger partial charge is 0.311 e. The van der Waals surface area contributed by atoms with Crippen LogP contribution >= 0.6 is 0 Å². The van der Waals surface area contributed by atoms with Crippen molar-refractivity contribution in [2.24, 2.45) is 0 Å². The summed E-state index contributed by atoms with van der Waals surface area (Å²) in [4.78, 5) is 24.0. The molecule has 1 atom stereocenters. The Morgan fingerprint density at radius 1 is 1.12 bits per heavy atom. The summed E-state index contributed by atoms with van der Waals surface area (Å²) in [6.07, 6.45) is -1.06. The molecule has 1 N–H and O–H groups in total. The van der Waals surface area contributed by atoms with Gasteiger partial charge in [-0.3, -0.25) is 9.59 Å². The van der Waals surface area contributed by atoms with Crippen molar-refractivity contribution < 1.29 is 23.5 Å². The highest BCUT2D eigenvalue weighted by atomic mass is 19.1. The molecular weight excluding hydrogens is 337 g/mol. The molecule has 26 heavy (non-hydrogen) atoms. The molecule has 0 bridgehead atoms. The highest BCUT2D eigenvalue weighted by Crippen LogP contribution is 2.18. The van der Waals surface area contributed by atoms with E-state index in [2.05, 4.69) is 5.32 Å². The summed E-state index contributed by atoms with van der Waals surface area (Å²) in [5.74, 6) is -1.44. The molecule has 0 aromatic heterocycles. The van der Waals surface area contributed by atoms with Gasteiger partial charge in [0.2, 0.25) is 0 Å². The van der Waals surface area contributed by atoms with Gasteiger partial charge in [0.05, 0.1) is 13.5 Å². The molecule has 0 spiro atoms. The molecule has 0 aliphatic rings. The van der Waals surface area contributed by atoms with Crippen LogP contribution in [0.5, 0.6) is 5.75 Å². The second kappa shape index (κ2) is 8.99. The van der Waals surface area contributed by atoms with Gasteiger partial charge in [-0.1, -0.05) is 35.9 Å². The van der Waals surface area contributed by atoms with Crippen molar-refractivity contribution in [1.82, 2.24) is 5.32 Å². The third-order valence-corrected chi connectivity index (χ3v) is 3.83. The molecule has 0 radical (unpaired) electrons. The Kier molecular flexibility index (Phi) is 6.72. The Morgan fingerprint density at radius 2 is 1.77 bits per heavy atom. The first-order valence-electron chi connectivity index (χ1n) is 8.24. The number of rotatable bonds is 7. The standard InChI is InChI=1S/C20H22FNO4/c1-13-4-6-15(7-5-13)12-22-20(24)14(2)26-19(23)11-16-8-9-18(25-3)17(21)10-16/h4-10,14H,11-12H2,1-3H3,(H,22,24)/t14-/m1/s1. The molecule has 0 aliphatic carbocycles. The lowest BCUT2D eigenvalue weighted by Gasteiger charge is -2.14. The predicted molar refractivity (Wildman–Crippen MR) is 95.2 cm³/mol. The number of halogens is 1. The topological polar surface area (TPSA) is 64.6 Å². The van der Waals surface area contributed by atoms with Gasteiger partial charge in [-0.05, 0) is 37.1 Å². The number of aryl methyl sites for hydroxylation is 1. The fourth-order valence-corrected chi connectivity index (χ4v) is 2.32. The lowest BCUT2D eigenvalue weighted by Crippen LogP contribution is -2.35. The molecule has 1 amide bonds. The second-order valence-electron chi connectivity index (χ2n) is 5.98. The van der Waals surface area contributed by atoms with Crippen molar-refractivity contribution in [2.75, 3.05) is 7.11 Å². The van der Waals surface area contributed by atoms with Crippen molar-refractivity contribution in [3.05, 3.63) is 65.0 Å². The van der Waals surface area contributed by atoms with Gasteiger partial charge >= 0.3 is 5.97 Å². The van der Waals surface area contributed by atoms with E-state index in [0.29, 0.717) is 12.1 Å². The van der Waals surface area contributed by atoms with Crippen molar-refractivity contribution >= 4 is 11.9 Å². The summed E-state index contributed by atoms with van der Waals surface area (Å²) in [7, 11) is 1.36. The predicted octanol–water partition coefficient (Wildman–Crippen LogP) is 2.93. The van der Waals surface area contributed by atoms with Crippen LogP contribution in [0.2, 0.25) is 0 Å². The maximum atomic E-state index is 13.6. The van der Waals surface area contributed by atoms with Gasteiger partial charge in [-0.2, -0.15) is 0 Å². The van der Waals surface area contributed by atoms with Crippen LogP contribution in [-0.4, -0.2) is 25.1 Å². The number of esters is 1.